The van der Waals surface area contributed by atoms with Gasteiger partial charge in [-0.05, 0) is 137 Å². The van der Waals surface area contributed by atoms with Crippen LogP contribution in [0.2, 0.25) is 0 Å². The molecule has 3 N–H and O–H groups in total. The van der Waals surface area contributed by atoms with Crippen LogP contribution < -0.4 is 10.6 Å². The van der Waals surface area contributed by atoms with Crippen LogP contribution in [0.4, 0.5) is 0 Å². The third-order valence-corrected chi connectivity index (χ3v) is 9.00. The number of aromatic amines is 1. The summed E-state index contributed by atoms with van der Waals surface area (Å²) in [5.41, 5.74) is 14.3. The summed E-state index contributed by atoms with van der Waals surface area (Å²) in [5.74, 6) is 0.527. The Kier molecular flexibility index (Phi) is 14.0. The second kappa shape index (κ2) is 17.6. The van der Waals surface area contributed by atoms with E-state index >= 15 is 0 Å². The van der Waals surface area contributed by atoms with E-state index in [0.717, 1.165) is 43.5 Å². The molecule has 1 atom stereocenters. The summed E-state index contributed by atoms with van der Waals surface area (Å²) in [5, 5.41) is 7.21. The lowest BCUT2D eigenvalue weighted by molar-refractivity contribution is 0.327. The molecule has 3 aliphatic carbocycles. The van der Waals surface area contributed by atoms with Crippen molar-refractivity contribution in [3.8, 4) is 0 Å². The zero-order chi connectivity index (χ0) is 33.7. The molecule has 3 aliphatic rings. The number of allylic oxidation sites excluding steroid dienone is 20. The first-order valence-electron chi connectivity index (χ1n) is 17.1. The van der Waals surface area contributed by atoms with Crippen molar-refractivity contribution in [1.29, 1.82) is 0 Å². The van der Waals surface area contributed by atoms with Crippen LogP contribution in [-0.4, -0.2) is 4.98 Å². The molecule has 246 valence electrons. The Hall–Kier alpha value is -3.98. The molecule has 0 bridgehead atoms. The quantitative estimate of drug-likeness (QED) is 0.204. The molecule has 1 aromatic heterocycles. The van der Waals surface area contributed by atoms with E-state index < -0.39 is 0 Å². The fourth-order valence-corrected chi connectivity index (χ4v) is 5.94. The van der Waals surface area contributed by atoms with Crippen LogP contribution in [0.1, 0.15) is 105 Å². The van der Waals surface area contributed by atoms with Crippen molar-refractivity contribution < 1.29 is 0 Å². The predicted molar refractivity (Wildman–Crippen MR) is 203 cm³/mol. The molecule has 0 saturated heterocycles. The van der Waals surface area contributed by atoms with Crippen LogP contribution in [0.3, 0.4) is 0 Å². The third kappa shape index (κ3) is 10.8. The molecule has 1 aromatic rings. The van der Waals surface area contributed by atoms with Crippen LogP contribution in [-0.2, 0) is 13.0 Å². The first-order valence-corrected chi connectivity index (χ1v) is 17.1. The maximum Gasteiger partial charge on any atom is 0.0548 e. The Morgan fingerprint density at radius 2 is 1.74 bits per heavy atom. The number of aromatic nitrogens is 1. The van der Waals surface area contributed by atoms with Gasteiger partial charge in [-0.25, -0.2) is 0 Å². The highest BCUT2D eigenvalue weighted by atomic mass is 14.9. The zero-order valence-electron chi connectivity index (χ0n) is 30.1. The van der Waals surface area contributed by atoms with Crippen molar-refractivity contribution in [3.63, 3.8) is 0 Å². The Morgan fingerprint density at radius 1 is 1.02 bits per heavy atom. The van der Waals surface area contributed by atoms with Crippen LogP contribution in [0.25, 0.3) is 6.08 Å². The summed E-state index contributed by atoms with van der Waals surface area (Å²) < 4.78 is 0. The first-order chi connectivity index (χ1) is 21.9. The summed E-state index contributed by atoms with van der Waals surface area (Å²) in [4.78, 5) is 3.53. The van der Waals surface area contributed by atoms with Gasteiger partial charge in [-0.15, -0.1) is 0 Å². The number of aryl methyl sites for hydroxylation is 1. The van der Waals surface area contributed by atoms with Gasteiger partial charge >= 0.3 is 0 Å². The minimum Gasteiger partial charge on any atom is -0.383 e. The number of nitrogens with one attached hydrogen (secondary N) is 3. The van der Waals surface area contributed by atoms with E-state index in [0.29, 0.717) is 5.92 Å². The van der Waals surface area contributed by atoms with Crippen LogP contribution >= 0.6 is 0 Å². The summed E-state index contributed by atoms with van der Waals surface area (Å²) in [6, 6.07) is 2.29. The summed E-state index contributed by atoms with van der Waals surface area (Å²) >= 11 is 0. The van der Waals surface area contributed by atoms with E-state index in [2.05, 4.69) is 144 Å². The Morgan fingerprint density at radius 3 is 2.37 bits per heavy atom. The SMILES string of the molecule is C=C(C)/C=C\C.CCC/C=C\C1=CC2=CC=C(N/C(C)=C/C=C(C)/C(C)=C/C=C(\C)NCc3cc4c([nH]3)C=CCC4)CC2C1(C)C. The molecule has 0 aromatic carbocycles. The van der Waals surface area contributed by atoms with E-state index in [1.54, 1.807) is 0 Å². The maximum atomic E-state index is 3.67. The minimum absolute atomic E-state index is 0.159. The van der Waals surface area contributed by atoms with Crippen LogP contribution in [0, 0.1) is 11.3 Å². The van der Waals surface area contributed by atoms with E-state index in [4.69, 9.17) is 0 Å². The molecule has 0 radical (unpaired) electrons. The van der Waals surface area contributed by atoms with Crippen molar-refractivity contribution in [3.05, 3.63) is 147 Å². The van der Waals surface area contributed by atoms with Crippen LogP contribution in [0.15, 0.2) is 131 Å². The molecule has 1 heterocycles. The van der Waals surface area contributed by atoms with Gasteiger partial charge in [0.1, 0.15) is 0 Å². The van der Waals surface area contributed by atoms with Gasteiger partial charge in [-0.3, -0.25) is 0 Å². The third-order valence-electron chi connectivity index (χ3n) is 9.00. The predicted octanol–water partition coefficient (Wildman–Crippen LogP) is 11.6. The van der Waals surface area contributed by atoms with Gasteiger partial charge in [0.25, 0.3) is 0 Å². The molecular formula is C43H59N3. The molecule has 0 spiro atoms. The van der Waals surface area contributed by atoms with Crippen molar-refractivity contribution in [2.75, 3.05) is 0 Å². The lowest BCUT2D eigenvalue weighted by Gasteiger charge is -2.33. The molecule has 0 amide bonds. The van der Waals surface area contributed by atoms with Gasteiger partial charge in [0.2, 0.25) is 0 Å². The number of hydrogen-bond donors (Lipinski definition) is 3. The molecular weight excluding hydrogens is 558 g/mol. The molecule has 3 nitrogen and oxygen atoms in total. The van der Waals surface area contributed by atoms with Gasteiger partial charge in [-0.2, -0.15) is 0 Å². The van der Waals surface area contributed by atoms with Gasteiger partial charge in [0, 0.05) is 28.5 Å². The standard InChI is InChI=1S/C37H49N3.C6H10/c1-8-9-10-14-32-22-30-20-21-33(24-35(30)37(32,6)7)39-29(5)19-17-27(3)26(2)16-18-28(4)38-25-34-23-31-13-11-12-15-36(31)40-34;1-4-5-6(2)3/h10,12,14-23,35,38-40H,8-9,11,13,24-25H2,1-7H3;4-5H,2H2,1,3H3/b14-10-,26-16+,27-17+,28-18+,29-19+;5-4-. The van der Waals surface area contributed by atoms with Crippen molar-refractivity contribution in [1.82, 2.24) is 15.6 Å². The Labute approximate surface area is 280 Å². The molecule has 0 saturated carbocycles. The normalized spacial score (nSPS) is 19.7. The summed E-state index contributed by atoms with van der Waals surface area (Å²) in [7, 11) is 0. The molecule has 0 fully saturated rings. The first kappa shape index (κ1) is 36.5. The number of unbranched alkanes of at least 4 members (excludes halogenated alkanes) is 1. The fourth-order valence-electron chi connectivity index (χ4n) is 5.94. The summed E-state index contributed by atoms with van der Waals surface area (Å²) in [6.45, 7) is 24.1. The van der Waals surface area contributed by atoms with Crippen LogP contribution in [0.5, 0.6) is 0 Å². The van der Waals surface area contributed by atoms with Crippen molar-refractivity contribution in [2.24, 2.45) is 11.3 Å². The van der Waals surface area contributed by atoms with E-state index in [1.165, 1.54) is 57.1 Å². The second-order valence-electron chi connectivity index (χ2n) is 13.5. The van der Waals surface area contributed by atoms with Gasteiger partial charge in [0.05, 0.1) is 6.54 Å². The highest BCUT2D eigenvalue weighted by Crippen LogP contribution is 2.50. The summed E-state index contributed by atoms with van der Waals surface area (Å²) in [6.07, 6.45) is 34.5. The Balaban J connectivity index is 0.000000875. The highest BCUT2D eigenvalue weighted by molar-refractivity contribution is 5.53. The largest absolute Gasteiger partial charge is 0.383 e. The second-order valence-corrected chi connectivity index (χ2v) is 13.5. The van der Waals surface area contributed by atoms with Gasteiger partial charge < -0.3 is 15.6 Å². The zero-order valence-corrected chi connectivity index (χ0v) is 30.1. The molecule has 3 heteroatoms. The van der Waals surface area contributed by atoms with E-state index in [1.807, 2.05) is 26.0 Å². The fraction of sp³-hybridized carbons (Fsp3) is 0.395. The van der Waals surface area contributed by atoms with Gasteiger partial charge in [-0.1, -0.05) is 94.0 Å². The highest BCUT2D eigenvalue weighted by Gasteiger charge is 2.40. The van der Waals surface area contributed by atoms with E-state index in [9.17, 15) is 0 Å². The Bertz CT molecular complexity index is 1530. The maximum absolute atomic E-state index is 3.67. The number of fused-ring (bicyclic) bond motifs is 2. The number of H-pyrrole nitrogens is 1. The van der Waals surface area contributed by atoms with Crippen molar-refractivity contribution >= 4 is 6.08 Å². The average molecular weight is 618 g/mol. The smallest absolute Gasteiger partial charge is 0.0548 e. The minimum atomic E-state index is 0.159. The average Bonchev–Trinajstić information content (AvgIpc) is 3.55. The lowest BCUT2D eigenvalue weighted by Crippen LogP contribution is -2.26. The number of hydrogen-bond acceptors (Lipinski definition) is 2. The topological polar surface area (TPSA) is 39.8 Å². The lowest BCUT2D eigenvalue weighted by atomic mass is 9.72. The molecule has 0 aliphatic heterocycles. The van der Waals surface area contributed by atoms with E-state index in [-0.39, 0.29) is 5.41 Å². The van der Waals surface area contributed by atoms with Crippen molar-refractivity contribution in [2.45, 2.75) is 101 Å². The number of rotatable bonds is 12. The molecule has 46 heavy (non-hydrogen) atoms. The molecule has 4 rings (SSSR count). The van der Waals surface area contributed by atoms with Gasteiger partial charge in [0.15, 0.2) is 0 Å². The monoisotopic (exact) mass is 617 g/mol. The molecule has 1 unspecified atom stereocenters.